The number of carbonyl (C=O) groups is 3. The first-order valence-electron chi connectivity index (χ1n) is 9.08. The van der Waals surface area contributed by atoms with Crippen LogP contribution in [0.1, 0.15) is 68.3 Å². The Balaban J connectivity index is 3.12. The fourth-order valence-electron chi connectivity index (χ4n) is 2.89. The molecule has 0 aromatic heterocycles. The van der Waals surface area contributed by atoms with E-state index in [-0.39, 0.29) is 29.3 Å². The maximum atomic E-state index is 12.4. The smallest absolute Gasteiger partial charge is 0.332 e. The highest BCUT2D eigenvalue weighted by atomic mass is 16.4. The van der Waals surface area contributed by atoms with Crippen LogP contribution in [0, 0.1) is 12.8 Å². The molecule has 0 radical (unpaired) electrons. The van der Waals surface area contributed by atoms with Gasteiger partial charge in [0.25, 0.3) is 0 Å². The molecule has 5 heteroatoms. The summed E-state index contributed by atoms with van der Waals surface area (Å²) in [6, 6.07) is 6.81. The van der Waals surface area contributed by atoms with Crippen molar-refractivity contribution in [2.75, 3.05) is 0 Å². The van der Waals surface area contributed by atoms with Gasteiger partial charge in [-0.25, -0.2) is 9.59 Å². The van der Waals surface area contributed by atoms with Gasteiger partial charge in [0.2, 0.25) is 0 Å². The first kappa shape index (κ1) is 21.6. The molecule has 0 aliphatic heterocycles. The number of aliphatic carboxylic acids is 2. The van der Waals surface area contributed by atoms with Crippen molar-refractivity contribution in [2.24, 2.45) is 5.92 Å². The van der Waals surface area contributed by atoms with Crippen molar-refractivity contribution >= 4 is 17.7 Å². The van der Waals surface area contributed by atoms with E-state index < -0.39 is 18.4 Å². The molecule has 0 spiro atoms. The lowest BCUT2D eigenvalue weighted by atomic mass is 9.88. The number of unbranched alkanes of at least 4 members (excludes halogenated alkanes) is 1. The first-order chi connectivity index (χ1) is 12.3. The molecule has 0 amide bonds. The maximum Gasteiger partial charge on any atom is 0.332 e. The van der Waals surface area contributed by atoms with Gasteiger partial charge in [0.1, 0.15) is 0 Å². The number of benzene rings is 1. The van der Waals surface area contributed by atoms with Gasteiger partial charge in [-0.05, 0) is 19.3 Å². The standard InChI is InChI=1S/C21H28O5/c1-4-6-7-15(5-2)12-17(20(23)24)18(21(25)26)13-19(22)16-10-8-14(3)9-11-16/h8-11,15H,4-7,12-13H2,1-3H3,(H,23,24)(H,25,26). The summed E-state index contributed by atoms with van der Waals surface area (Å²) in [7, 11) is 0. The van der Waals surface area contributed by atoms with Crippen molar-refractivity contribution in [3.05, 3.63) is 46.5 Å². The summed E-state index contributed by atoms with van der Waals surface area (Å²) < 4.78 is 0. The van der Waals surface area contributed by atoms with Crippen LogP contribution in [0.5, 0.6) is 0 Å². The molecule has 0 aliphatic rings. The Hall–Kier alpha value is -2.43. The van der Waals surface area contributed by atoms with E-state index in [2.05, 4.69) is 6.92 Å². The molecule has 2 N–H and O–H groups in total. The lowest BCUT2D eigenvalue weighted by Crippen LogP contribution is -2.17. The van der Waals surface area contributed by atoms with Crippen molar-refractivity contribution in [1.29, 1.82) is 0 Å². The van der Waals surface area contributed by atoms with Crippen molar-refractivity contribution < 1.29 is 24.6 Å². The van der Waals surface area contributed by atoms with Gasteiger partial charge in [-0.2, -0.15) is 0 Å². The highest BCUT2D eigenvalue weighted by molar-refractivity contribution is 6.06. The Morgan fingerprint density at radius 1 is 0.962 bits per heavy atom. The van der Waals surface area contributed by atoms with Crippen molar-refractivity contribution in [1.82, 2.24) is 0 Å². The molecule has 1 aromatic rings. The summed E-state index contributed by atoms with van der Waals surface area (Å²) >= 11 is 0. The Bertz CT molecular complexity index is 670. The Morgan fingerprint density at radius 3 is 2.00 bits per heavy atom. The Kier molecular flexibility index (Phi) is 8.76. The van der Waals surface area contributed by atoms with Crippen LogP contribution in [0.4, 0.5) is 0 Å². The first-order valence-corrected chi connectivity index (χ1v) is 9.08. The molecule has 5 nitrogen and oxygen atoms in total. The van der Waals surface area contributed by atoms with E-state index in [9.17, 15) is 24.6 Å². The van der Waals surface area contributed by atoms with Crippen LogP contribution in [-0.4, -0.2) is 27.9 Å². The number of ketones is 1. The number of rotatable bonds is 11. The molecule has 0 saturated carbocycles. The largest absolute Gasteiger partial charge is 0.478 e. The van der Waals surface area contributed by atoms with Crippen LogP contribution in [0.25, 0.3) is 0 Å². The van der Waals surface area contributed by atoms with Gasteiger partial charge >= 0.3 is 11.9 Å². The Labute approximate surface area is 154 Å². The normalized spacial score (nSPS) is 13.0. The minimum atomic E-state index is -1.34. The third-order valence-corrected chi connectivity index (χ3v) is 4.63. The monoisotopic (exact) mass is 360 g/mol. The van der Waals surface area contributed by atoms with Crippen LogP contribution in [-0.2, 0) is 9.59 Å². The van der Waals surface area contributed by atoms with E-state index in [0.717, 1.165) is 31.2 Å². The van der Waals surface area contributed by atoms with E-state index in [4.69, 9.17) is 0 Å². The second-order valence-corrected chi connectivity index (χ2v) is 6.65. The minimum absolute atomic E-state index is 0.102. The van der Waals surface area contributed by atoms with Gasteiger partial charge in [-0.1, -0.05) is 69.4 Å². The van der Waals surface area contributed by atoms with Gasteiger partial charge in [-0.3, -0.25) is 4.79 Å². The summed E-state index contributed by atoms with van der Waals surface area (Å²) in [6.07, 6.45) is 3.35. The van der Waals surface area contributed by atoms with Gasteiger partial charge < -0.3 is 10.2 Å². The molecular formula is C21H28O5. The van der Waals surface area contributed by atoms with Crippen LogP contribution < -0.4 is 0 Å². The second kappa shape index (κ2) is 10.5. The molecule has 26 heavy (non-hydrogen) atoms. The zero-order valence-corrected chi connectivity index (χ0v) is 15.7. The predicted molar refractivity (Wildman–Crippen MR) is 100 cm³/mol. The van der Waals surface area contributed by atoms with Crippen LogP contribution in [0.15, 0.2) is 35.4 Å². The summed E-state index contributed by atoms with van der Waals surface area (Å²) in [5.41, 5.74) is 0.916. The number of carboxylic acids is 2. The number of carbonyl (C=O) groups excluding carboxylic acids is 1. The number of hydrogen-bond acceptors (Lipinski definition) is 3. The van der Waals surface area contributed by atoms with E-state index in [1.807, 2.05) is 13.8 Å². The zero-order valence-electron chi connectivity index (χ0n) is 15.7. The molecular weight excluding hydrogens is 332 g/mol. The molecule has 0 aliphatic carbocycles. The predicted octanol–water partition coefficient (Wildman–Crippen LogP) is 4.64. The molecule has 0 fully saturated rings. The zero-order chi connectivity index (χ0) is 19.7. The van der Waals surface area contributed by atoms with Crippen molar-refractivity contribution in [3.8, 4) is 0 Å². The summed E-state index contributed by atoms with van der Waals surface area (Å²) in [4.78, 5) is 35.8. The molecule has 1 atom stereocenters. The van der Waals surface area contributed by atoms with Gasteiger partial charge in [-0.15, -0.1) is 0 Å². The van der Waals surface area contributed by atoms with Crippen molar-refractivity contribution in [3.63, 3.8) is 0 Å². The van der Waals surface area contributed by atoms with E-state index in [1.54, 1.807) is 24.3 Å². The molecule has 0 saturated heterocycles. The van der Waals surface area contributed by atoms with Crippen LogP contribution >= 0.6 is 0 Å². The summed E-state index contributed by atoms with van der Waals surface area (Å²) in [5, 5.41) is 19.1. The topological polar surface area (TPSA) is 91.7 Å². The molecule has 0 bridgehead atoms. The van der Waals surface area contributed by atoms with E-state index in [1.165, 1.54) is 0 Å². The lowest BCUT2D eigenvalue weighted by molar-refractivity contribution is -0.136. The quantitative estimate of drug-likeness (QED) is 0.443. The van der Waals surface area contributed by atoms with Crippen LogP contribution in [0.2, 0.25) is 0 Å². The maximum absolute atomic E-state index is 12.4. The number of hydrogen-bond donors (Lipinski definition) is 2. The fourth-order valence-corrected chi connectivity index (χ4v) is 2.89. The highest BCUT2D eigenvalue weighted by Crippen LogP contribution is 2.26. The van der Waals surface area contributed by atoms with E-state index >= 15 is 0 Å². The number of carboxylic acid groups (broad SMARTS) is 2. The average Bonchev–Trinajstić information content (AvgIpc) is 2.60. The lowest BCUT2D eigenvalue weighted by Gasteiger charge is -2.16. The summed E-state index contributed by atoms with van der Waals surface area (Å²) in [5.74, 6) is -2.88. The molecule has 1 rings (SSSR count). The molecule has 1 unspecified atom stereocenters. The van der Waals surface area contributed by atoms with Gasteiger partial charge in [0.15, 0.2) is 5.78 Å². The SMILES string of the molecule is CCCCC(CC)CC(C(=O)O)=C(CC(=O)c1ccc(C)cc1)C(=O)O. The number of Topliss-reactive ketones (excluding diaryl/α,β-unsaturated/α-hetero) is 1. The third-order valence-electron chi connectivity index (χ3n) is 4.63. The second-order valence-electron chi connectivity index (χ2n) is 6.65. The molecule has 0 heterocycles. The number of aryl methyl sites for hydroxylation is 1. The van der Waals surface area contributed by atoms with E-state index in [0.29, 0.717) is 5.56 Å². The molecule has 142 valence electrons. The Morgan fingerprint density at radius 2 is 1.54 bits per heavy atom. The fraction of sp³-hybridized carbons (Fsp3) is 0.476. The van der Waals surface area contributed by atoms with Gasteiger partial charge in [0, 0.05) is 17.6 Å². The highest BCUT2D eigenvalue weighted by Gasteiger charge is 2.25. The minimum Gasteiger partial charge on any atom is -0.478 e. The van der Waals surface area contributed by atoms with Crippen LogP contribution in [0.3, 0.4) is 0 Å². The van der Waals surface area contributed by atoms with Gasteiger partial charge in [0.05, 0.1) is 5.57 Å². The average molecular weight is 360 g/mol. The third kappa shape index (κ3) is 6.47. The summed E-state index contributed by atoms with van der Waals surface area (Å²) in [6.45, 7) is 5.92. The molecule has 1 aromatic carbocycles. The van der Waals surface area contributed by atoms with Crippen molar-refractivity contribution in [2.45, 2.75) is 59.3 Å².